The molecule has 76 valence electrons. The number of hydrogen-bond acceptors (Lipinski definition) is 2. The van der Waals surface area contributed by atoms with Crippen LogP contribution in [0.4, 0.5) is 0 Å². The average Bonchev–Trinajstić information content (AvgIpc) is 2.17. The van der Waals surface area contributed by atoms with E-state index in [0.717, 1.165) is 18.8 Å². The summed E-state index contributed by atoms with van der Waals surface area (Å²) in [5.74, 6) is 1.05. The van der Waals surface area contributed by atoms with Crippen LogP contribution in [0.3, 0.4) is 0 Å². The normalized spacial score (nSPS) is 18.5. The van der Waals surface area contributed by atoms with Crippen molar-refractivity contribution in [1.29, 1.82) is 0 Å². The van der Waals surface area contributed by atoms with Crippen LogP contribution in [-0.4, -0.2) is 6.61 Å². The molecule has 1 aliphatic heterocycles. The number of fused-ring (bicyclic) bond motifs is 1. The molecule has 0 spiro atoms. The predicted octanol–water partition coefficient (Wildman–Crippen LogP) is 4.15. The second kappa shape index (κ2) is 3.78. The van der Waals surface area contributed by atoms with Gasteiger partial charge in [0.25, 0.3) is 0 Å². The monoisotopic (exact) mass is 272 g/mol. The van der Waals surface area contributed by atoms with Gasteiger partial charge in [0.15, 0.2) is 0 Å². The Morgan fingerprint density at radius 2 is 2.21 bits per heavy atom. The highest BCUT2D eigenvalue weighted by atomic mass is 79.9. The maximum absolute atomic E-state index is 5.63. The molecule has 0 N–H and O–H groups in total. The zero-order chi connectivity index (χ0) is 10.2. The molecule has 14 heavy (non-hydrogen) atoms. The number of hydrogen-bond donors (Lipinski definition) is 0. The maximum atomic E-state index is 5.63. The van der Waals surface area contributed by atoms with Crippen LogP contribution >= 0.6 is 25.0 Å². The molecule has 0 unspecified atom stereocenters. The number of benzene rings is 1. The summed E-state index contributed by atoms with van der Waals surface area (Å²) in [7, 11) is 1.60. The third-order valence-electron chi connectivity index (χ3n) is 2.75. The first-order valence-electron chi connectivity index (χ1n) is 4.69. The van der Waals surface area contributed by atoms with Gasteiger partial charge < -0.3 is 4.74 Å². The van der Waals surface area contributed by atoms with E-state index in [1.165, 1.54) is 10.5 Å². The van der Waals surface area contributed by atoms with Gasteiger partial charge in [-0.15, -0.1) is 0 Å². The van der Waals surface area contributed by atoms with Crippen LogP contribution in [0, 0.1) is 0 Å². The minimum Gasteiger partial charge on any atom is -0.493 e. The molecule has 0 saturated heterocycles. The molecule has 0 saturated carbocycles. The summed E-state index contributed by atoms with van der Waals surface area (Å²) in [6.07, 6.45) is 1.09. The molecule has 0 fully saturated rings. The Bertz CT molecular complexity index is 349. The second-order valence-corrected chi connectivity index (χ2v) is 5.81. The third-order valence-corrected chi connectivity index (χ3v) is 4.31. The standard InChI is InChI=1S/C11H13BrOS/c1-11(2)5-6-13-10-4-3-8(14-12)7-9(10)11/h3-4,7H,5-6H2,1-2H3. The van der Waals surface area contributed by atoms with E-state index < -0.39 is 0 Å². The SMILES string of the molecule is CC1(C)CCOc2ccc(SBr)cc21. The van der Waals surface area contributed by atoms with Crippen LogP contribution in [0.5, 0.6) is 5.75 Å². The van der Waals surface area contributed by atoms with Crippen molar-refractivity contribution in [3.8, 4) is 5.75 Å². The first-order valence-corrected chi connectivity index (χ1v) is 7.35. The summed E-state index contributed by atoms with van der Waals surface area (Å²) in [5, 5.41) is 0. The Morgan fingerprint density at radius 1 is 1.43 bits per heavy atom. The Hall–Kier alpha value is -0.150. The van der Waals surface area contributed by atoms with Gasteiger partial charge in [0.05, 0.1) is 6.61 Å². The lowest BCUT2D eigenvalue weighted by Crippen LogP contribution is -2.26. The summed E-state index contributed by atoms with van der Waals surface area (Å²) >= 11 is 3.40. The summed E-state index contributed by atoms with van der Waals surface area (Å²) in [5.41, 5.74) is 1.57. The summed E-state index contributed by atoms with van der Waals surface area (Å²) in [4.78, 5) is 1.24. The molecular weight excluding hydrogens is 260 g/mol. The van der Waals surface area contributed by atoms with Crippen molar-refractivity contribution >= 4 is 25.0 Å². The van der Waals surface area contributed by atoms with Crippen molar-refractivity contribution in [2.45, 2.75) is 30.6 Å². The molecule has 1 aliphatic rings. The smallest absolute Gasteiger partial charge is 0.123 e. The van der Waals surface area contributed by atoms with E-state index in [1.54, 1.807) is 10.2 Å². The Morgan fingerprint density at radius 3 is 2.93 bits per heavy atom. The van der Waals surface area contributed by atoms with Crippen LogP contribution in [0.1, 0.15) is 25.8 Å². The lowest BCUT2D eigenvalue weighted by Gasteiger charge is -2.32. The molecule has 0 bridgehead atoms. The van der Waals surface area contributed by atoms with Gasteiger partial charge >= 0.3 is 0 Å². The minimum absolute atomic E-state index is 0.242. The summed E-state index contributed by atoms with van der Waals surface area (Å²) in [6.45, 7) is 5.38. The molecule has 0 aliphatic carbocycles. The number of halogens is 1. The Labute approximate surface area is 96.4 Å². The molecule has 0 radical (unpaired) electrons. The first-order chi connectivity index (χ1) is 6.63. The van der Waals surface area contributed by atoms with Crippen LogP contribution < -0.4 is 4.74 Å². The van der Waals surface area contributed by atoms with Crippen LogP contribution in [0.25, 0.3) is 0 Å². The molecule has 1 aromatic carbocycles. The fraction of sp³-hybridized carbons (Fsp3) is 0.455. The minimum atomic E-state index is 0.242. The van der Waals surface area contributed by atoms with Gasteiger partial charge in [-0.25, -0.2) is 0 Å². The first kappa shape index (κ1) is 10.4. The molecule has 0 atom stereocenters. The number of rotatable bonds is 1. The fourth-order valence-electron chi connectivity index (χ4n) is 1.76. The highest BCUT2D eigenvalue weighted by Gasteiger charge is 2.28. The molecule has 1 nitrogen and oxygen atoms in total. The zero-order valence-corrected chi connectivity index (χ0v) is 10.7. The van der Waals surface area contributed by atoms with E-state index in [-0.39, 0.29) is 5.41 Å². The molecule has 1 aromatic rings. The predicted molar refractivity (Wildman–Crippen MR) is 64.4 cm³/mol. The van der Waals surface area contributed by atoms with E-state index in [1.807, 2.05) is 0 Å². The van der Waals surface area contributed by atoms with Crippen LogP contribution in [0.2, 0.25) is 0 Å². The maximum Gasteiger partial charge on any atom is 0.123 e. The van der Waals surface area contributed by atoms with Crippen molar-refractivity contribution in [2.75, 3.05) is 6.61 Å². The Kier molecular flexibility index (Phi) is 2.80. The highest BCUT2D eigenvalue weighted by molar-refractivity contribution is 9.50. The van der Waals surface area contributed by atoms with E-state index >= 15 is 0 Å². The van der Waals surface area contributed by atoms with Crippen LogP contribution in [0.15, 0.2) is 23.1 Å². The number of ether oxygens (including phenoxy) is 1. The molecule has 3 heteroatoms. The summed E-state index contributed by atoms with van der Waals surface area (Å²) < 4.78 is 5.63. The average molecular weight is 273 g/mol. The molecule has 0 aromatic heterocycles. The largest absolute Gasteiger partial charge is 0.493 e. The van der Waals surface area contributed by atoms with E-state index in [9.17, 15) is 0 Å². The van der Waals surface area contributed by atoms with Gasteiger partial charge in [-0.3, -0.25) is 0 Å². The molecular formula is C11H13BrOS. The van der Waals surface area contributed by atoms with Crippen molar-refractivity contribution < 1.29 is 4.74 Å². The lowest BCUT2D eigenvalue weighted by molar-refractivity contribution is 0.233. The molecule has 0 amide bonds. The highest BCUT2D eigenvalue weighted by Crippen LogP contribution is 2.40. The topological polar surface area (TPSA) is 9.23 Å². The van der Waals surface area contributed by atoms with Gasteiger partial charge in [0.2, 0.25) is 0 Å². The van der Waals surface area contributed by atoms with Gasteiger partial charge in [0, 0.05) is 10.5 Å². The van der Waals surface area contributed by atoms with Crippen molar-refractivity contribution in [3.63, 3.8) is 0 Å². The molecule has 1 heterocycles. The van der Waals surface area contributed by atoms with Crippen molar-refractivity contribution in [2.24, 2.45) is 0 Å². The second-order valence-electron chi connectivity index (χ2n) is 4.22. The van der Waals surface area contributed by atoms with Crippen LogP contribution in [-0.2, 0) is 5.41 Å². The van der Waals surface area contributed by atoms with Crippen molar-refractivity contribution in [3.05, 3.63) is 23.8 Å². The lowest BCUT2D eigenvalue weighted by atomic mass is 9.80. The van der Waals surface area contributed by atoms with E-state index in [0.29, 0.717) is 0 Å². The fourth-order valence-corrected chi connectivity index (χ4v) is 2.65. The third kappa shape index (κ3) is 1.80. The van der Waals surface area contributed by atoms with Gasteiger partial charge in [-0.1, -0.05) is 13.8 Å². The summed E-state index contributed by atoms with van der Waals surface area (Å²) in [6, 6.07) is 6.37. The van der Waals surface area contributed by atoms with Gasteiger partial charge in [-0.05, 0) is 55.0 Å². The van der Waals surface area contributed by atoms with E-state index in [2.05, 4.69) is 46.9 Å². The molecule has 2 rings (SSSR count). The Balaban J connectivity index is 2.49. The quantitative estimate of drug-likeness (QED) is 0.760. The van der Waals surface area contributed by atoms with Gasteiger partial charge in [-0.2, -0.15) is 0 Å². The van der Waals surface area contributed by atoms with Crippen molar-refractivity contribution in [1.82, 2.24) is 0 Å². The van der Waals surface area contributed by atoms with E-state index in [4.69, 9.17) is 4.74 Å². The van der Waals surface area contributed by atoms with Gasteiger partial charge in [0.1, 0.15) is 5.75 Å². The zero-order valence-electron chi connectivity index (χ0n) is 8.34.